The maximum absolute atomic E-state index is 11.9. The lowest BCUT2D eigenvalue weighted by Crippen LogP contribution is -2.16. The third kappa shape index (κ3) is 2.74. The highest BCUT2D eigenvalue weighted by Crippen LogP contribution is 2.22. The highest BCUT2D eigenvalue weighted by molar-refractivity contribution is 5.59. The van der Waals surface area contributed by atoms with Gasteiger partial charge in [0, 0.05) is 5.56 Å². The van der Waals surface area contributed by atoms with Gasteiger partial charge in [0.15, 0.2) is 0 Å². The molecule has 0 aliphatic carbocycles. The van der Waals surface area contributed by atoms with Crippen molar-refractivity contribution in [2.45, 2.75) is 6.54 Å². The van der Waals surface area contributed by atoms with Crippen LogP contribution in [0.2, 0.25) is 0 Å². The summed E-state index contributed by atoms with van der Waals surface area (Å²) in [7, 11) is 1.62. The monoisotopic (exact) mass is 281 g/mol. The summed E-state index contributed by atoms with van der Waals surface area (Å²) in [6, 6.07) is 17.4. The van der Waals surface area contributed by atoms with Gasteiger partial charge in [0.25, 0.3) is 0 Å². The van der Waals surface area contributed by atoms with E-state index in [1.54, 1.807) is 11.7 Å². The molecule has 0 saturated heterocycles. The standard InChI is InChI=1S/C17H15NO3/c1-20-15-9-7-14(8-10-15)16-12-21-17(19)18(16)11-13-5-3-2-4-6-13/h2-10,12H,11H2,1H3. The second kappa shape index (κ2) is 5.71. The molecule has 4 nitrogen and oxygen atoms in total. The van der Waals surface area contributed by atoms with Crippen LogP contribution in [0.4, 0.5) is 0 Å². The summed E-state index contributed by atoms with van der Waals surface area (Å²) in [6.45, 7) is 0.484. The van der Waals surface area contributed by atoms with E-state index in [4.69, 9.17) is 9.15 Å². The van der Waals surface area contributed by atoms with E-state index in [1.165, 1.54) is 6.26 Å². The van der Waals surface area contributed by atoms with Gasteiger partial charge >= 0.3 is 5.76 Å². The maximum Gasteiger partial charge on any atom is 0.419 e. The number of ether oxygens (including phenoxy) is 1. The first kappa shape index (κ1) is 13.2. The third-order valence-electron chi connectivity index (χ3n) is 3.35. The molecule has 0 N–H and O–H groups in total. The number of nitrogens with zero attached hydrogens (tertiary/aromatic N) is 1. The molecule has 3 rings (SSSR count). The Morgan fingerprint density at radius 3 is 2.43 bits per heavy atom. The number of aromatic nitrogens is 1. The summed E-state index contributed by atoms with van der Waals surface area (Å²) in [6.07, 6.45) is 1.49. The van der Waals surface area contributed by atoms with Crippen LogP contribution < -0.4 is 10.5 Å². The molecule has 0 spiro atoms. The molecule has 106 valence electrons. The number of methoxy groups -OCH3 is 1. The van der Waals surface area contributed by atoms with Gasteiger partial charge in [-0.15, -0.1) is 0 Å². The smallest absolute Gasteiger partial charge is 0.419 e. The van der Waals surface area contributed by atoms with Gasteiger partial charge < -0.3 is 9.15 Å². The van der Waals surface area contributed by atoms with Gasteiger partial charge in [0.2, 0.25) is 0 Å². The molecule has 1 heterocycles. The molecule has 0 amide bonds. The molecule has 0 bridgehead atoms. The third-order valence-corrected chi connectivity index (χ3v) is 3.35. The minimum Gasteiger partial charge on any atom is -0.497 e. The normalized spacial score (nSPS) is 10.5. The van der Waals surface area contributed by atoms with Gasteiger partial charge in [-0.2, -0.15) is 0 Å². The van der Waals surface area contributed by atoms with Crippen LogP contribution in [-0.2, 0) is 6.54 Å². The summed E-state index contributed by atoms with van der Waals surface area (Å²) in [5.41, 5.74) is 2.72. The Balaban J connectivity index is 1.98. The molecule has 4 heteroatoms. The zero-order valence-corrected chi connectivity index (χ0v) is 11.7. The molecule has 3 aromatic rings. The molecule has 0 saturated carbocycles. The summed E-state index contributed by atoms with van der Waals surface area (Å²) in [5.74, 6) is 0.420. The van der Waals surface area contributed by atoms with Gasteiger partial charge in [0.05, 0.1) is 19.3 Å². The molecular weight excluding hydrogens is 266 g/mol. The van der Waals surface area contributed by atoms with Gasteiger partial charge in [-0.25, -0.2) is 4.79 Å². The van der Waals surface area contributed by atoms with Crippen molar-refractivity contribution in [3.05, 3.63) is 77.0 Å². The SMILES string of the molecule is COc1ccc(-c2coc(=O)n2Cc2ccccc2)cc1. The summed E-state index contributed by atoms with van der Waals surface area (Å²) in [5, 5.41) is 0. The first-order valence-electron chi connectivity index (χ1n) is 6.64. The van der Waals surface area contributed by atoms with Crippen LogP contribution in [-0.4, -0.2) is 11.7 Å². The fourth-order valence-corrected chi connectivity index (χ4v) is 2.23. The largest absolute Gasteiger partial charge is 0.497 e. The van der Waals surface area contributed by atoms with E-state index >= 15 is 0 Å². The topological polar surface area (TPSA) is 44.4 Å². The first-order chi connectivity index (χ1) is 10.3. The van der Waals surface area contributed by atoms with Crippen molar-refractivity contribution in [2.75, 3.05) is 7.11 Å². The lowest BCUT2D eigenvalue weighted by Gasteiger charge is -2.07. The second-order valence-electron chi connectivity index (χ2n) is 4.69. The summed E-state index contributed by atoms with van der Waals surface area (Å²) >= 11 is 0. The molecular formula is C17H15NO3. The van der Waals surface area contributed by atoms with E-state index in [-0.39, 0.29) is 5.76 Å². The van der Waals surface area contributed by atoms with Crippen LogP contribution in [0.5, 0.6) is 5.75 Å². The minimum atomic E-state index is -0.357. The predicted octanol–water partition coefficient (Wildman–Crippen LogP) is 3.17. The van der Waals surface area contributed by atoms with E-state index in [0.29, 0.717) is 6.54 Å². The molecule has 1 aromatic heterocycles. The number of benzene rings is 2. The van der Waals surface area contributed by atoms with Crippen LogP contribution in [0.25, 0.3) is 11.3 Å². The Hall–Kier alpha value is -2.75. The first-order valence-corrected chi connectivity index (χ1v) is 6.64. The van der Waals surface area contributed by atoms with Crippen LogP contribution in [0, 0.1) is 0 Å². The predicted molar refractivity (Wildman–Crippen MR) is 80.5 cm³/mol. The Morgan fingerprint density at radius 2 is 1.76 bits per heavy atom. The lowest BCUT2D eigenvalue weighted by atomic mass is 10.1. The zero-order valence-electron chi connectivity index (χ0n) is 11.7. The molecule has 0 aliphatic rings. The van der Waals surface area contributed by atoms with Gasteiger partial charge in [-0.3, -0.25) is 4.57 Å². The summed E-state index contributed by atoms with van der Waals surface area (Å²) in [4.78, 5) is 11.9. The minimum absolute atomic E-state index is 0.357. The van der Waals surface area contributed by atoms with Gasteiger partial charge in [0.1, 0.15) is 12.0 Å². The van der Waals surface area contributed by atoms with Gasteiger partial charge in [-0.05, 0) is 29.8 Å². The van der Waals surface area contributed by atoms with Crippen LogP contribution in [0.3, 0.4) is 0 Å². The summed E-state index contributed by atoms with van der Waals surface area (Å²) < 4.78 is 11.8. The number of hydrogen-bond donors (Lipinski definition) is 0. The Kier molecular flexibility index (Phi) is 3.60. The molecule has 0 atom stereocenters. The molecule has 0 fully saturated rings. The lowest BCUT2D eigenvalue weighted by molar-refractivity contribution is 0.415. The van der Waals surface area contributed by atoms with E-state index in [0.717, 1.165) is 22.6 Å². The zero-order chi connectivity index (χ0) is 14.7. The fraction of sp³-hybridized carbons (Fsp3) is 0.118. The van der Waals surface area contributed by atoms with Crippen molar-refractivity contribution in [3.63, 3.8) is 0 Å². The molecule has 0 unspecified atom stereocenters. The molecule has 0 aliphatic heterocycles. The van der Waals surface area contributed by atoms with Crippen molar-refractivity contribution in [1.29, 1.82) is 0 Å². The van der Waals surface area contributed by atoms with E-state index in [2.05, 4.69) is 0 Å². The van der Waals surface area contributed by atoms with E-state index in [9.17, 15) is 4.79 Å². The van der Waals surface area contributed by atoms with Crippen molar-refractivity contribution < 1.29 is 9.15 Å². The Bertz CT molecular complexity index is 770. The van der Waals surface area contributed by atoms with Gasteiger partial charge in [-0.1, -0.05) is 30.3 Å². The van der Waals surface area contributed by atoms with Crippen molar-refractivity contribution >= 4 is 0 Å². The second-order valence-corrected chi connectivity index (χ2v) is 4.69. The van der Waals surface area contributed by atoms with Crippen molar-refractivity contribution in [2.24, 2.45) is 0 Å². The Labute approximate surface area is 122 Å². The van der Waals surface area contributed by atoms with Crippen LogP contribution >= 0.6 is 0 Å². The molecule has 0 radical (unpaired) electrons. The average molecular weight is 281 g/mol. The van der Waals surface area contributed by atoms with Crippen LogP contribution in [0.15, 0.2) is 70.1 Å². The quantitative estimate of drug-likeness (QED) is 0.738. The molecule has 21 heavy (non-hydrogen) atoms. The van der Waals surface area contributed by atoms with Crippen LogP contribution in [0.1, 0.15) is 5.56 Å². The maximum atomic E-state index is 11.9. The number of hydrogen-bond acceptors (Lipinski definition) is 3. The van der Waals surface area contributed by atoms with Crippen molar-refractivity contribution in [3.8, 4) is 17.0 Å². The molecule has 2 aromatic carbocycles. The Morgan fingerprint density at radius 1 is 1.05 bits per heavy atom. The highest BCUT2D eigenvalue weighted by Gasteiger charge is 2.11. The number of rotatable bonds is 4. The van der Waals surface area contributed by atoms with E-state index < -0.39 is 0 Å². The van der Waals surface area contributed by atoms with E-state index in [1.807, 2.05) is 54.6 Å². The van der Waals surface area contributed by atoms with Crippen molar-refractivity contribution in [1.82, 2.24) is 4.57 Å². The number of oxazole rings is 1. The fourth-order valence-electron chi connectivity index (χ4n) is 2.23. The highest BCUT2D eigenvalue weighted by atomic mass is 16.5. The average Bonchev–Trinajstić information content (AvgIpc) is 2.90.